The number of carbonyl (C=O) groups is 1. The molecule has 1 atom stereocenters. The van der Waals surface area contributed by atoms with Gasteiger partial charge in [-0.2, -0.15) is 0 Å². The number of hydrogen-bond acceptors (Lipinski definition) is 6. The van der Waals surface area contributed by atoms with Crippen LogP contribution in [0.1, 0.15) is 17.7 Å². The Hall–Kier alpha value is -1.38. The van der Waals surface area contributed by atoms with Crippen molar-refractivity contribution < 1.29 is 14.3 Å². The van der Waals surface area contributed by atoms with Gasteiger partial charge in [0.1, 0.15) is 11.3 Å². The minimum atomic E-state index is -0.0387. The number of halogens is 2. The first kappa shape index (κ1) is 19.9. The van der Waals surface area contributed by atoms with Crippen LogP contribution in [0.4, 0.5) is 5.13 Å². The molecule has 0 radical (unpaired) electrons. The second kappa shape index (κ2) is 8.55. The van der Waals surface area contributed by atoms with Crippen LogP contribution < -0.4 is 9.64 Å². The zero-order valence-electron chi connectivity index (χ0n) is 15.1. The summed E-state index contributed by atoms with van der Waals surface area (Å²) in [6.45, 7) is 1.20. The summed E-state index contributed by atoms with van der Waals surface area (Å²) in [5.41, 5.74) is 0.666. The van der Waals surface area contributed by atoms with E-state index in [1.807, 2.05) is 12.1 Å². The summed E-state index contributed by atoms with van der Waals surface area (Å²) in [7, 11) is 1.59. The number of aromatic nitrogens is 1. The highest BCUT2D eigenvalue weighted by atomic mass is 35.5. The SMILES string of the molecule is COc1ccc(Cl)c2sc(N(CC3CCCO3)C(=O)Cc3ccc(Cl)s3)nc12. The van der Waals surface area contributed by atoms with Crippen LogP contribution in [0.25, 0.3) is 10.2 Å². The Kier molecular flexibility index (Phi) is 6.08. The smallest absolute Gasteiger partial charge is 0.234 e. The third-order valence-corrected chi connectivity index (χ3v) is 7.33. The lowest BCUT2D eigenvalue weighted by Crippen LogP contribution is -2.38. The maximum absolute atomic E-state index is 13.2. The van der Waals surface area contributed by atoms with Crippen molar-refractivity contribution in [3.63, 3.8) is 0 Å². The van der Waals surface area contributed by atoms with Crippen molar-refractivity contribution in [3.8, 4) is 5.75 Å². The fourth-order valence-corrected chi connectivity index (χ4v) is 5.55. The van der Waals surface area contributed by atoms with E-state index in [1.165, 1.54) is 22.7 Å². The highest BCUT2D eigenvalue weighted by molar-refractivity contribution is 7.23. The summed E-state index contributed by atoms with van der Waals surface area (Å²) in [6.07, 6.45) is 2.22. The molecule has 1 amide bonds. The number of nitrogens with zero attached hydrogens (tertiary/aromatic N) is 2. The molecule has 28 heavy (non-hydrogen) atoms. The van der Waals surface area contributed by atoms with Gasteiger partial charge in [-0.15, -0.1) is 11.3 Å². The van der Waals surface area contributed by atoms with Gasteiger partial charge in [-0.3, -0.25) is 9.69 Å². The number of amides is 1. The van der Waals surface area contributed by atoms with Crippen molar-refractivity contribution in [1.29, 1.82) is 0 Å². The molecule has 3 heterocycles. The summed E-state index contributed by atoms with van der Waals surface area (Å²) in [6, 6.07) is 7.26. The van der Waals surface area contributed by atoms with Gasteiger partial charge in [-0.1, -0.05) is 34.5 Å². The van der Waals surface area contributed by atoms with Gasteiger partial charge < -0.3 is 9.47 Å². The molecule has 2 aromatic heterocycles. The molecule has 1 unspecified atom stereocenters. The summed E-state index contributed by atoms with van der Waals surface area (Å²) in [5, 5.41) is 1.19. The van der Waals surface area contributed by atoms with Crippen LogP contribution >= 0.6 is 45.9 Å². The van der Waals surface area contributed by atoms with Gasteiger partial charge in [0.15, 0.2) is 5.13 Å². The summed E-state index contributed by atoms with van der Waals surface area (Å²) < 4.78 is 12.7. The molecule has 9 heteroatoms. The van der Waals surface area contributed by atoms with Gasteiger partial charge in [-0.05, 0) is 37.1 Å². The van der Waals surface area contributed by atoms with Crippen molar-refractivity contribution in [3.05, 3.63) is 38.5 Å². The average Bonchev–Trinajstić information content (AvgIpc) is 3.41. The van der Waals surface area contributed by atoms with E-state index >= 15 is 0 Å². The Bertz CT molecular complexity index is 998. The number of ether oxygens (including phenoxy) is 2. The average molecular weight is 457 g/mol. The van der Waals surface area contributed by atoms with Crippen LogP contribution in [0, 0.1) is 0 Å². The molecule has 3 aromatic rings. The molecule has 1 aliphatic heterocycles. The number of fused-ring (bicyclic) bond motifs is 1. The maximum atomic E-state index is 13.2. The molecule has 0 aliphatic carbocycles. The normalized spacial score (nSPS) is 16.6. The first-order valence-electron chi connectivity index (χ1n) is 8.84. The van der Waals surface area contributed by atoms with Crippen molar-refractivity contribution in [2.45, 2.75) is 25.4 Å². The summed E-state index contributed by atoms with van der Waals surface area (Å²) in [5.74, 6) is 0.597. The molecule has 5 nitrogen and oxygen atoms in total. The molecule has 0 spiro atoms. The minimum absolute atomic E-state index is 0.0141. The zero-order chi connectivity index (χ0) is 19.7. The predicted molar refractivity (Wildman–Crippen MR) is 116 cm³/mol. The molecule has 1 aliphatic rings. The molecule has 148 valence electrons. The van der Waals surface area contributed by atoms with E-state index < -0.39 is 0 Å². The van der Waals surface area contributed by atoms with Crippen LogP contribution in [-0.2, 0) is 16.0 Å². The fraction of sp³-hybridized carbons (Fsp3) is 0.368. The number of carbonyl (C=O) groups excluding carboxylic acids is 1. The van der Waals surface area contributed by atoms with E-state index in [9.17, 15) is 4.79 Å². The van der Waals surface area contributed by atoms with Crippen LogP contribution in [0.5, 0.6) is 5.75 Å². The Morgan fingerprint density at radius 1 is 1.32 bits per heavy atom. The largest absolute Gasteiger partial charge is 0.494 e. The molecule has 0 saturated carbocycles. The number of anilines is 1. The quantitative estimate of drug-likeness (QED) is 0.496. The first-order chi connectivity index (χ1) is 13.5. The topological polar surface area (TPSA) is 51.7 Å². The Morgan fingerprint density at radius 3 is 2.86 bits per heavy atom. The molecule has 0 N–H and O–H groups in total. The number of thiophene rings is 1. The van der Waals surface area contributed by atoms with Crippen molar-refractivity contribution in [2.75, 3.05) is 25.2 Å². The van der Waals surface area contributed by atoms with E-state index in [0.29, 0.717) is 32.3 Å². The number of benzene rings is 1. The Morgan fingerprint density at radius 2 is 2.18 bits per heavy atom. The number of rotatable bonds is 6. The van der Waals surface area contributed by atoms with E-state index in [-0.39, 0.29) is 18.4 Å². The van der Waals surface area contributed by atoms with Gasteiger partial charge in [0.25, 0.3) is 0 Å². The highest BCUT2D eigenvalue weighted by Gasteiger charge is 2.27. The molecule has 1 fully saturated rings. The lowest BCUT2D eigenvalue weighted by Gasteiger charge is -2.22. The zero-order valence-corrected chi connectivity index (χ0v) is 18.3. The monoisotopic (exact) mass is 456 g/mol. The van der Waals surface area contributed by atoms with E-state index in [2.05, 4.69) is 0 Å². The fourth-order valence-electron chi connectivity index (χ4n) is 3.19. The Balaban J connectivity index is 1.68. The summed E-state index contributed by atoms with van der Waals surface area (Å²) >= 11 is 15.2. The van der Waals surface area contributed by atoms with Crippen LogP contribution in [0.2, 0.25) is 9.36 Å². The van der Waals surface area contributed by atoms with Crippen LogP contribution in [0.15, 0.2) is 24.3 Å². The van der Waals surface area contributed by atoms with E-state index in [1.54, 1.807) is 24.1 Å². The van der Waals surface area contributed by atoms with Gasteiger partial charge in [0.2, 0.25) is 5.91 Å². The Labute approximate surface area is 180 Å². The van der Waals surface area contributed by atoms with Crippen LogP contribution in [0.3, 0.4) is 0 Å². The summed E-state index contributed by atoms with van der Waals surface area (Å²) in [4.78, 5) is 20.5. The molecule has 0 bridgehead atoms. The predicted octanol–water partition coefficient (Wildman–Crippen LogP) is 5.43. The van der Waals surface area contributed by atoms with Crippen molar-refractivity contribution >= 4 is 67.1 Å². The second-order valence-electron chi connectivity index (χ2n) is 6.45. The number of methoxy groups -OCH3 is 1. The van der Waals surface area contributed by atoms with Crippen LogP contribution in [-0.4, -0.2) is 37.3 Å². The van der Waals surface area contributed by atoms with E-state index in [0.717, 1.165) is 29.0 Å². The lowest BCUT2D eigenvalue weighted by molar-refractivity contribution is -0.118. The van der Waals surface area contributed by atoms with Crippen molar-refractivity contribution in [1.82, 2.24) is 4.98 Å². The van der Waals surface area contributed by atoms with Crippen molar-refractivity contribution in [2.24, 2.45) is 0 Å². The molecule has 1 aromatic carbocycles. The first-order valence-corrected chi connectivity index (χ1v) is 11.2. The van der Waals surface area contributed by atoms with Gasteiger partial charge in [-0.25, -0.2) is 4.98 Å². The minimum Gasteiger partial charge on any atom is -0.494 e. The third-order valence-electron chi connectivity index (χ3n) is 4.56. The number of thiazole rings is 1. The molecule has 4 rings (SSSR count). The van der Waals surface area contributed by atoms with Gasteiger partial charge in [0, 0.05) is 11.5 Å². The molecular formula is C19H18Cl2N2O3S2. The third kappa shape index (κ3) is 4.14. The van der Waals surface area contributed by atoms with E-state index in [4.69, 9.17) is 37.7 Å². The molecule has 1 saturated heterocycles. The number of hydrogen-bond donors (Lipinski definition) is 0. The lowest BCUT2D eigenvalue weighted by atomic mass is 10.2. The van der Waals surface area contributed by atoms with Gasteiger partial charge in [0.05, 0.1) is 40.2 Å². The van der Waals surface area contributed by atoms with Gasteiger partial charge >= 0.3 is 0 Å². The maximum Gasteiger partial charge on any atom is 0.234 e. The second-order valence-corrected chi connectivity index (χ2v) is 9.63. The molecular weight excluding hydrogens is 439 g/mol. The highest BCUT2D eigenvalue weighted by Crippen LogP contribution is 2.39. The standard InChI is InChI=1S/C19H18Cl2N2O3S2/c1-25-14-6-5-13(20)18-17(14)22-19(28-18)23(10-11-3-2-8-26-11)16(24)9-12-4-7-15(21)27-12/h4-7,11H,2-3,8-10H2,1H3.